The van der Waals surface area contributed by atoms with E-state index in [1.165, 1.54) is 25.3 Å². The van der Waals surface area contributed by atoms with E-state index in [9.17, 15) is 18.3 Å². The number of esters is 1. The zero-order chi connectivity index (χ0) is 30.8. The Morgan fingerprint density at radius 1 is 1.26 bits per heavy atom. The maximum absolute atomic E-state index is 12.5. The molecule has 2 aromatic rings. The summed E-state index contributed by atoms with van der Waals surface area (Å²) in [5.41, 5.74) is 3.53. The Bertz CT molecular complexity index is 1470. The molecule has 1 aliphatic heterocycles. The van der Waals surface area contributed by atoms with Crippen molar-refractivity contribution in [1.82, 2.24) is 0 Å². The number of hydrogen-bond acceptors (Lipinski definition) is 8. The molecule has 3 N–H and O–H groups in total. The van der Waals surface area contributed by atoms with Crippen LogP contribution in [0.1, 0.15) is 53.6 Å². The SMILES string of the molecule is COC[C@H](C/C=C/[C@H](O)[C@@H]1CC[C@H]1CN1CC2(CCCc3cc(Cl)ccc32)COc2ccc(C(=O)OC)cc21)S(N)(=O)=O. The third kappa shape index (κ3) is 6.88. The molecule has 0 amide bonds. The molecule has 2 aliphatic carbocycles. The smallest absolute Gasteiger partial charge is 0.337 e. The maximum Gasteiger partial charge on any atom is 0.337 e. The summed E-state index contributed by atoms with van der Waals surface area (Å²) in [7, 11) is -0.962. The van der Waals surface area contributed by atoms with Gasteiger partial charge < -0.3 is 24.2 Å². The molecule has 1 fully saturated rings. The molecule has 234 valence electrons. The van der Waals surface area contributed by atoms with Gasteiger partial charge in [-0.05, 0) is 91.8 Å². The molecule has 2 aromatic carbocycles. The van der Waals surface area contributed by atoms with Gasteiger partial charge in [-0.15, -0.1) is 0 Å². The van der Waals surface area contributed by atoms with Gasteiger partial charge in [0, 0.05) is 30.6 Å². The third-order valence-corrected chi connectivity index (χ3v) is 10.9. The van der Waals surface area contributed by atoms with E-state index in [4.69, 9.17) is 31.0 Å². The van der Waals surface area contributed by atoms with Crippen molar-refractivity contribution >= 4 is 33.3 Å². The average molecular weight is 633 g/mol. The minimum absolute atomic E-state index is 0.00753. The Morgan fingerprint density at radius 2 is 2.07 bits per heavy atom. The Hall–Kier alpha value is -2.63. The van der Waals surface area contributed by atoms with Crippen LogP contribution in [0.15, 0.2) is 48.6 Å². The number of primary sulfonamides is 1. The number of nitrogens with zero attached hydrogens (tertiary/aromatic N) is 1. The van der Waals surface area contributed by atoms with Gasteiger partial charge in [-0.3, -0.25) is 0 Å². The van der Waals surface area contributed by atoms with E-state index in [1.807, 2.05) is 18.2 Å². The minimum atomic E-state index is -3.76. The molecular weight excluding hydrogens is 592 g/mol. The summed E-state index contributed by atoms with van der Waals surface area (Å²) in [6.07, 6.45) is 7.57. The first kappa shape index (κ1) is 31.8. The third-order valence-electron chi connectivity index (χ3n) is 9.38. The van der Waals surface area contributed by atoms with Crippen LogP contribution in [0.3, 0.4) is 0 Å². The molecule has 5 atom stereocenters. The summed E-state index contributed by atoms with van der Waals surface area (Å²) in [5.74, 6) is 0.504. The van der Waals surface area contributed by atoms with Gasteiger partial charge in [0.25, 0.3) is 0 Å². The van der Waals surface area contributed by atoms with E-state index in [0.29, 0.717) is 31.0 Å². The molecule has 0 aromatic heterocycles. The highest BCUT2D eigenvalue weighted by atomic mass is 35.5. The average Bonchev–Trinajstić information content (AvgIpc) is 3.10. The lowest BCUT2D eigenvalue weighted by atomic mass is 9.68. The number of aliphatic hydroxyl groups is 1. The van der Waals surface area contributed by atoms with Crippen LogP contribution in [-0.4, -0.2) is 71.4 Å². The number of benzene rings is 2. The molecule has 5 rings (SSSR count). The summed E-state index contributed by atoms with van der Waals surface area (Å²) in [5, 5.41) is 16.3. The monoisotopic (exact) mass is 632 g/mol. The minimum Gasteiger partial charge on any atom is -0.490 e. The van der Waals surface area contributed by atoms with E-state index in [-0.39, 0.29) is 30.3 Å². The van der Waals surface area contributed by atoms with E-state index < -0.39 is 27.3 Å². The molecular formula is C32H41ClN2O7S. The maximum atomic E-state index is 12.5. The highest BCUT2D eigenvalue weighted by molar-refractivity contribution is 7.89. The molecule has 1 heterocycles. The number of carbonyl (C=O) groups excluding carboxylic acids is 1. The number of rotatable bonds is 10. The van der Waals surface area contributed by atoms with E-state index in [1.54, 1.807) is 18.2 Å². The van der Waals surface area contributed by atoms with Gasteiger partial charge in [0.2, 0.25) is 10.0 Å². The van der Waals surface area contributed by atoms with Crippen LogP contribution in [0, 0.1) is 11.8 Å². The topological polar surface area (TPSA) is 128 Å². The number of nitrogens with two attached hydrogens (primary N) is 1. The van der Waals surface area contributed by atoms with Crippen LogP contribution >= 0.6 is 11.6 Å². The number of sulfonamides is 1. The standard InChI is InChI=1S/C32H41ClN2O7S/c1-40-18-25(43(34,38)39)6-3-7-29(36)26-11-8-23(26)17-35-19-32(14-4-5-21-15-24(33)10-12-27(21)32)20-42-30-13-9-22(16-28(30)35)31(37)41-2/h3,7,9-10,12-13,15-16,23,25-26,29,36H,4-6,8,11,14,17-20H2,1-2H3,(H2,34,38,39)/b7-3+/t23-,25-,26+,29-,32?/m0/s1. The van der Waals surface area contributed by atoms with Gasteiger partial charge in [0.15, 0.2) is 0 Å². The lowest BCUT2D eigenvalue weighted by molar-refractivity contribution is 0.0456. The van der Waals surface area contributed by atoms with Crippen LogP contribution < -0.4 is 14.8 Å². The van der Waals surface area contributed by atoms with Crippen LogP contribution in [0.4, 0.5) is 5.69 Å². The number of allylic oxidation sites excluding steroid dienone is 1. The van der Waals surface area contributed by atoms with Crippen molar-refractivity contribution in [2.24, 2.45) is 17.0 Å². The van der Waals surface area contributed by atoms with Crippen molar-refractivity contribution in [3.8, 4) is 5.75 Å². The van der Waals surface area contributed by atoms with Gasteiger partial charge in [-0.25, -0.2) is 18.4 Å². The number of hydrogen-bond donors (Lipinski definition) is 2. The molecule has 1 saturated carbocycles. The van der Waals surface area contributed by atoms with E-state index in [2.05, 4.69) is 17.0 Å². The molecule has 1 spiro atoms. The fraction of sp³-hybridized carbons (Fsp3) is 0.531. The van der Waals surface area contributed by atoms with Gasteiger partial charge in [0.05, 0.1) is 37.7 Å². The second-order valence-corrected chi connectivity index (χ2v) is 14.4. The van der Waals surface area contributed by atoms with E-state index in [0.717, 1.165) is 42.8 Å². The number of aryl methyl sites for hydroxylation is 1. The summed E-state index contributed by atoms with van der Waals surface area (Å²) in [6, 6.07) is 11.6. The zero-order valence-electron chi connectivity index (χ0n) is 24.7. The van der Waals surface area contributed by atoms with Crippen molar-refractivity contribution in [3.63, 3.8) is 0 Å². The first-order valence-corrected chi connectivity index (χ1v) is 16.8. The quantitative estimate of drug-likeness (QED) is 0.294. The van der Waals surface area contributed by atoms with Crippen molar-refractivity contribution in [2.75, 3.05) is 45.4 Å². The predicted molar refractivity (Wildman–Crippen MR) is 166 cm³/mol. The van der Waals surface area contributed by atoms with Crippen LogP contribution in [0.2, 0.25) is 5.02 Å². The van der Waals surface area contributed by atoms with Crippen molar-refractivity contribution < 1.29 is 32.5 Å². The van der Waals surface area contributed by atoms with Gasteiger partial charge >= 0.3 is 5.97 Å². The van der Waals surface area contributed by atoms with Gasteiger partial charge in [-0.1, -0.05) is 29.8 Å². The Morgan fingerprint density at radius 3 is 2.77 bits per heavy atom. The molecule has 0 radical (unpaired) electrons. The lowest BCUT2D eigenvalue weighted by Crippen LogP contribution is -2.49. The highest BCUT2D eigenvalue weighted by Gasteiger charge is 2.44. The largest absolute Gasteiger partial charge is 0.490 e. The number of fused-ring (bicyclic) bond motifs is 3. The number of aliphatic hydroxyl groups excluding tert-OH is 1. The number of anilines is 1. The summed E-state index contributed by atoms with van der Waals surface area (Å²) >= 11 is 6.37. The number of methoxy groups -OCH3 is 2. The summed E-state index contributed by atoms with van der Waals surface area (Å²) < 4.78 is 40.2. The molecule has 43 heavy (non-hydrogen) atoms. The fourth-order valence-corrected chi connectivity index (χ4v) is 7.81. The fourth-order valence-electron chi connectivity index (χ4n) is 6.91. The molecule has 9 nitrogen and oxygen atoms in total. The molecule has 0 saturated heterocycles. The Kier molecular flexibility index (Phi) is 9.73. The molecule has 0 bridgehead atoms. The summed E-state index contributed by atoms with van der Waals surface area (Å²) in [4.78, 5) is 14.8. The van der Waals surface area contributed by atoms with Crippen molar-refractivity contribution in [3.05, 3.63) is 70.3 Å². The van der Waals surface area contributed by atoms with Crippen LogP contribution in [0.25, 0.3) is 0 Å². The lowest BCUT2D eigenvalue weighted by Gasteiger charge is -2.45. The molecule has 11 heteroatoms. The summed E-state index contributed by atoms with van der Waals surface area (Å²) in [6.45, 7) is 1.87. The molecule has 1 unspecified atom stereocenters. The Labute approximate surface area is 259 Å². The second-order valence-electron chi connectivity index (χ2n) is 12.1. The number of ether oxygens (including phenoxy) is 3. The predicted octanol–water partition coefficient (Wildman–Crippen LogP) is 4.24. The number of carbonyl (C=O) groups is 1. The molecule has 3 aliphatic rings. The highest BCUT2D eigenvalue weighted by Crippen LogP contribution is 2.46. The second kappa shape index (κ2) is 13.2. The van der Waals surface area contributed by atoms with Gasteiger partial charge in [0.1, 0.15) is 11.0 Å². The van der Waals surface area contributed by atoms with Crippen molar-refractivity contribution in [1.29, 1.82) is 0 Å². The van der Waals surface area contributed by atoms with Crippen molar-refractivity contribution in [2.45, 2.75) is 55.3 Å². The van der Waals surface area contributed by atoms with Gasteiger partial charge in [-0.2, -0.15) is 0 Å². The first-order valence-electron chi connectivity index (χ1n) is 14.8. The first-order chi connectivity index (χ1) is 20.5. The number of halogens is 1. The normalized spacial score (nSPS) is 24.8. The van der Waals surface area contributed by atoms with E-state index >= 15 is 0 Å². The zero-order valence-corrected chi connectivity index (χ0v) is 26.3. The van der Waals surface area contributed by atoms with Crippen LogP contribution in [-0.2, 0) is 31.3 Å². The van der Waals surface area contributed by atoms with Crippen LogP contribution in [0.5, 0.6) is 5.75 Å². The Balaban J connectivity index is 1.40.